The summed E-state index contributed by atoms with van der Waals surface area (Å²) in [6.45, 7) is 3.98. The predicted molar refractivity (Wildman–Crippen MR) is 78.1 cm³/mol. The van der Waals surface area contributed by atoms with Crippen LogP contribution in [-0.2, 0) is 0 Å². The summed E-state index contributed by atoms with van der Waals surface area (Å²) in [6.07, 6.45) is 0.562. The van der Waals surface area contributed by atoms with Crippen LogP contribution in [0.2, 0.25) is 0 Å². The second kappa shape index (κ2) is 5.46. The molecular weight excluding hydrogens is 256 g/mol. The van der Waals surface area contributed by atoms with Gasteiger partial charge in [0.2, 0.25) is 0 Å². The van der Waals surface area contributed by atoms with Crippen LogP contribution in [-0.4, -0.2) is 33.3 Å². The van der Waals surface area contributed by atoms with E-state index in [4.69, 9.17) is 10.2 Å². The van der Waals surface area contributed by atoms with Crippen molar-refractivity contribution in [1.82, 2.24) is 4.98 Å². The van der Waals surface area contributed by atoms with Crippen LogP contribution in [0.1, 0.15) is 30.8 Å². The maximum atomic E-state index is 11.2. The van der Waals surface area contributed by atoms with Gasteiger partial charge >= 0.3 is 5.97 Å². The van der Waals surface area contributed by atoms with Crippen molar-refractivity contribution < 1.29 is 15.0 Å². The van der Waals surface area contributed by atoms with Crippen LogP contribution >= 0.6 is 0 Å². The number of hydrogen-bond acceptors (Lipinski definition) is 4. The third-order valence-corrected chi connectivity index (χ3v) is 3.15. The van der Waals surface area contributed by atoms with Crippen LogP contribution < -0.4 is 5.32 Å². The van der Waals surface area contributed by atoms with E-state index in [1.165, 1.54) is 6.07 Å². The van der Waals surface area contributed by atoms with Crippen LogP contribution in [0.15, 0.2) is 30.3 Å². The summed E-state index contributed by atoms with van der Waals surface area (Å²) < 4.78 is 0. The maximum Gasteiger partial charge on any atom is 0.354 e. The molecule has 1 aromatic heterocycles. The maximum absolute atomic E-state index is 11.2. The van der Waals surface area contributed by atoms with Crippen molar-refractivity contribution in [3.63, 3.8) is 0 Å². The van der Waals surface area contributed by atoms with Gasteiger partial charge in [0.15, 0.2) is 5.69 Å². The third-order valence-electron chi connectivity index (χ3n) is 3.15. The SMILES string of the molecule is CC(C)(CCO)Nc1cc(C(=O)O)nc2ccccc12. The van der Waals surface area contributed by atoms with Crippen molar-refractivity contribution >= 4 is 22.6 Å². The zero-order chi connectivity index (χ0) is 14.8. The lowest BCUT2D eigenvalue weighted by atomic mass is 10.00. The molecule has 0 radical (unpaired) electrons. The summed E-state index contributed by atoms with van der Waals surface area (Å²) in [6, 6.07) is 8.92. The Kier molecular flexibility index (Phi) is 3.90. The van der Waals surface area contributed by atoms with Crippen molar-refractivity contribution in [1.29, 1.82) is 0 Å². The number of aliphatic hydroxyl groups excluding tert-OH is 1. The largest absolute Gasteiger partial charge is 0.477 e. The molecule has 0 atom stereocenters. The lowest BCUT2D eigenvalue weighted by Crippen LogP contribution is -2.32. The Hall–Kier alpha value is -2.14. The number of aromatic nitrogens is 1. The molecule has 0 bridgehead atoms. The number of hydrogen-bond donors (Lipinski definition) is 3. The van der Waals surface area contributed by atoms with Gasteiger partial charge < -0.3 is 15.5 Å². The molecule has 2 rings (SSSR count). The minimum atomic E-state index is -1.06. The second-order valence-electron chi connectivity index (χ2n) is 5.36. The highest BCUT2D eigenvalue weighted by molar-refractivity contribution is 5.97. The molecule has 20 heavy (non-hydrogen) atoms. The standard InChI is InChI=1S/C15H18N2O3/c1-15(2,7-8-18)17-12-9-13(14(19)20)16-11-6-4-3-5-10(11)12/h3-6,9,18H,7-8H2,1-2H3,(H,16,17)(H,19,20). The number of aliphatic hydroxyl groups is 1. The van der Waals surface area contributed by atoms with Gasteiger partial charge in [-0.25, -0.2) is 9.78 Å². The first-order chi connectivity index (χ1) is 9.43. The normalized spacial score (nSPS) is 11.6. The smallest absolute Gasteiger partial charge is 0.354 e. The van der Waals surface area contributed by atoms with Crippen LogP contribution in [0.4, 0.5) is 5.69 Å². The van der Waals surface area contributed by atoms with E-state index >= 15 is 0 Å². The molecule has 0 unspecified atom stereocenters. The number of carbonyl (C=O) groups is 1. The molecule has 1 aromatic carbocycles. The lowest BCUT2D eigenvalue weighted by Gasteiger charge is -2.27. The number of nitrogens with one attached hydrogen (secondary N) is 1. The first-order valence-electron chi connectivity index (χ1n) is 6.45. The van der Waals surface area contributed by atoms with Gasteiger partial charge in [0.1, 0.15) is 0 Å². The van der Waals surface area contributed by atoms with E-state index in [2.05, 4.69) is 10.3 Å². The highest BCUT2D eigenvalue weighted by Crippen LogP contribution is 2.27. The molecule has 0 aliphatic carbocycles. The van der Waals surface area contributed by atoms with E-state index in [0.29, 0.717) is 17.6 Å². The molecular formula is C15H18N2O3. The van der Waals surface area contributed by atoms with Gasteiger partial charge in [-0.3, -0.25) is 0 Å². The molecule has 5 heteroatoms. The fourth-order valence-corrected chi connectivity index (χ4v) is 2.09. The minimum absolute atomic E-state index is 0.00555. The summed E-state index contributed by atoms with van der Waals surface area (Å²) in [5, 5.41) is 22.4. The van der Waals surface area contributed by atoms with Crippen molar-refractivity contribution in [3.8, 4) is 0 Å². The van der Waals surface area contributed by atoms with Crippen molar-refractivity contribution in [2.45, 2.75) is 25.8 Å². The predicted octanol–water partition coefficient (Wildman–Crippen LogP) is 2.51. The molecule has 1 heterocycles. The Morgan fingerprint density at radius 3 is 2.70 bits per heavy atom. The van der Waals surface area contributed by atoms with Gasteiger partial charge in [-0.2, -0.15) is 0 Å². The molecule has 2 aromatic rings. The molecule has 0 aliphatic heterocycles. The fraction of sp³-hybridized carbons (Fsp3) is 0.333. The van der Waals surface area contributed by atoms with Gasteiger partial charge in [0.05, 0.1) is 5.52 Å². The van der Waals surface area contributed by atoms with E-state index in [1.807, 2.05) is 32.0 Å². The van der Waals surface area contributed by atoms with Crippen molar-refractivity contribution in [2.75, 3.05) is 11.9 Å². The summed E-state index contributed by atoms with van der Waals surface area (Å²) in [7, 11) is 0. The van der Waals surface area contributed by atoms with Gasteiger partial charge in [0, 0.05) is 23.2 Å². The zero-order valence-corrected chi connectivity index (χ0v) is 11.6. The van der Waals surface area contributed by atoms with Crippen LogP contribution in [0.25, 0.3) is 10.9 Å². The molecule has 0 amide bonds. The van der Waals surface area contributed by atoms with Crippen LogP contribution in [0, 0.1) is 0 Å². The van der Waals surface area contributed by atoms with Crippen molar-refractivity contribution in [2.24, 2.45) is 0 Å². The molecule has 0 fully saturated rings. The number of rotatable bonds is 5. The van der Waals surface area contributed by atoms with E-state index in [1.54, 1.807) is 6.07 Å². The average molecular weight is 274 g/mol. The summed E-state index contributed by atoms with van der Waals surface area (Å²) in [5.41, 5.74) is 1.02. The highest BCUT2D eigenvalue weighted by Gasteiger charge is 2.19. The van der Waals surface area contributed by atoms with E-state index in [9.17, 15) is 4.79 Å². The number of pyridine rings is 1. The average Bonchev–Trinajstić information content (AvgIpc) is 2.37. The Balaban J connectivity index is 2.52. The first-order valence-corrected chi connectivity index (χ1v) is 6.45. The Morgan fingerprint density at radius 2 is 2.05 bits per heavy atom. The molecule has 106 valence electrons. The first kappa shape index (κ1) is 14.3. The van der Waals surface area contributed by atoms with E-state index in [-0.39, 0.29) is 17.8 Å². The molecule has 0 aliphatic rings. The molecule has 3 N–H and O–H groups in total. The van der Waals surface area contributed by atoms with Gasteiger partial charge in [-0.1, -0.05) is 18.2 Å². The second-order valence-corrected chi connectivity index (χ2v) is 5.36. The third kappa shape index (κ3) is 3.05. The molecule has 0 saturated heterocycles. The van der Waals surface area contributed by atoms with Crippen molar-refractivity contribution in [3.05, 3.63) is 36.0 Å². The molecule has 0 spiro atoms. The van der Waals surface area contributed by atoms with Gasteiger partial charge in [-0.05, 0) is 32.4 Å². The van der Waals surface area contributed by atoms with Gasteiger partial charge in [-0.15, -0.1) is 0 Å². The molecule has 0 saturated carbocycles. The Morgan fingerprint density at radius 1 is 1.35 bits per heavy atom. The minimum Gasteiger partial charge on any atom is -0.477 e. The summed E-state index contributed by atoms with van der Waals surface area (Å²) in [4.78, 5) is 15.3. The van der Waals surface area contributed by atoms with E-state index < -0.39 is 5.97 Å². The number of carboxylic acid groups (broad SMARTS) is 1. The summed E-state index contributed by atoms with van der Waals surface area (Å²) >= 11 is 0. The van der Waals surface area contributed by atoms with Gasteiger partial charge in [0.25, 0.3) is 0 Å². The number of aromatic carboxylic acids is 1. The number of nitrogens with zero attached hydrogens (tertiary/aromatic N) is 1. The monoisotopic (exact) mass is 274 g/mol. The number of anilines is 1. The quantitative estimate of drug-likeness (QED) is 0.780. The number of para-hydroxylation sites is 1. The Bertz CT molecular complexity index is 638. The molecule has 5 nitrogen and oxygen atoms in total. The zero-order valence-electron chi connectivity index (χ0n) is 11.6. The number of benzene rings is 1. The fourth-order valence-electron chi connectivity index (χ4n) is 2.09. The topological polar surface area (TPSA) is 82.5 Å². The Labute approximate surface area is 117 Å². The van der Waals surface area contributed by atoms with Crippen LogP contribution in [0.5, 0.6) is 0 Å². The number of carboxylic acids is 1. The van der Waals surface area contributed by atoms with Crippen LogP contribution in [0.3, 0.4) is 0 Å². The number of fused-ring (bicyclic) bond motifs is 1. The summed E-state index contributed by atoms with van der Waals surface area (Å²) in [5.74, 6) is -1.06. The lowest BCUT2D eigenvalue weighted by molar-refractivity contribution is 0.0691. The van der Waals surface area contributed by atoms with E-state index in [0.717, 1.165) is 5.39 Å². The highest BCUT2D eigenvalue weighted by atomic mass is 16.4.